The number of hydrogen-bond donors (Lipinski definition) is 2. The van der Waals surface area contributed by atoms with Crippen LogP contribution in [0.25, 0.3) is 0 Å². The summed E-state index contributed by atoms with van der Waals surface area (Å²) in [5, 5.41) is 0.495. The van der Waals surface area contributed by atoms with Crippen LogP contribution in [0.15, 0.2) is 84.9 Å². The van der Waals surface area contributed by atoms with Crippen molar-refractivity contribution in [3.8, 4) is 0 Å². The van der Waals surface area contributed by atoms with E-state index in [9.17, 15) is 4.79 Å². The monoisotopic (exact) mass is 416 g/mol. The topological polar surface area (TPSA) is 101 Å². The third kappa shape index (κ3) is 14.5. The standard InChI is InChI=1S/C7H5ClO.C7H8.C6H4Cl.H4N2.Na.H2O/c8-7(9)6-4-2-1-3-5-6;1-7-5-3-2-4-6-7;7-6-4-2-1-3-5-6;1-2;;/h1-5H;2-6H,1H3;1-4H;1-2H2;;1H2. The van der Waals surface area contributed by atoms with E-state index in [-0.39, 0.29) is 5.48 Å². The molecule has 0 radical (unpaired) electrons. The fraction of sp³-hybridized carbons (Fsp3) is 0.0500. The number of rotatable bonds is 1. The first-order valence-electron chi connectivity index (χ1n) is 7.81. The van der Waals surface area contributed by atoms with E-state index in [0.717, 1.165) is 33.0 Å². The van der Waals surface area contributed by atoms with Gasteiger partial charge >= 0.3 is 71.6 Å². The van der Waals surface area contributed by atoms with Crippen LogP contribution >= 0.6 is 23.2 Å². The van der Waals surface area contributed by atoms with Crippen LogP contribution in [0, 0.1) is 6.92 Å². The molecule has 0 bridgehead atoms. The van der Waals surface area contributed by atoms with Gasteiger partial charge in [0.2, 0.25) is 0 Å². The predicted molar refractivity (Wildman–Crippen MR) is 117 cm³/mol. The van der Waals surface area contributed by atoms with E-state index in [1.807, 2.05) is 42.5 Å². The normalized spacial score (nSPS) is 8.26. The Morgan fingerprint density at radius 1 is 0.815 bits per heavy atom. The molecule has 0 aliphatic heterocycles. The Morgan fingerprint density at radius 2 is 1.22 bits per heavy atom. The van der Waals surface area contributed by atoms with Gasteiger partial charge in [-0.15, -0.1) is 0 Å². The quantitative estimate of drug-likeness (QED) is 0.275. The first kappa shape index (κ1) is 28.0. The third-order valence-electron chi connectivity index (χ3n) is 3.02. The van der Waals surface area contributed by atoms with Crippen molar-refractivity contribution in [2.75, 3.05) is 0 Å². The molecule has 6 N–H and O–H groups in total. The average Bonchev–Trinajstić information content (AvgIpc) is 2.68. The van der Waals surface area contributed by atoms with Gasteiger partial charge in [-0.3, -0.25) is 16.5 Å². The van der Waals surface area contributed by atoms with Crippen LogP contribution in [-0.2, 0) is 0 Å². The third-order valence-corrected chi connectivity index (χ3v) is 4.85. The Hall–Kier alpha value is -1.21. The van der Waals surface area contributed by atoms with Crippen LogP contribution in [0.5, 0.6) is 0 Å². The van der Waals surface area contributed by atoms with Crippen molar-refractivity contribution in [1.29, 1.82) is 0 Å². The Morgan fingerprint density at radius 3 is 1.48 bits per heavy atom. The Kier molecular flexibility index (Phi) is 18.8. The van der Waals surface area contributed by atoms with E-state index < -0.39 is 5.24 Å². The number of carbonyl (C=O) groups is 1. The molecule has 0 atom stereocenters. The fourth-order valence-corrected chi connectivity index (χ4v) is 2.28. The molecular weight excluding hydrogens is 394 g/mol. The second kappa shape index (κ2) is 18.2. The summed E-state index contributed by atoms with van der Waals surface area (Å²) in [6, 6.07) is 26.9. The second-order valence-corrected chi connectivity index (χ2v) is 6.87. The van der Waals surface area contributed by atoms with Crippen LogP contribution in [0.1, 0.15) is 15.9 Å². The number of hydrazine groups is 1. The number of halogens is 2. The van der Waals surface area contributed by atoms with Crippen molar-refractivity contribution >= 4 is 59.2 Å². The molecule has 3 aromatic rings. The maximum absolute atomic E-state index is 10.4. The van der Waals surface area contributed by atoms with Crippen LogP contribution < -0.4 is 14.5 Å². The van der Waals surface area contributed by atoms with Gasteiger partial charge in [-0.1, -0.05) is 66.2 Å². The first-order chi connectivity index (χ1) is 12.5. The van der Waals surface area contributed by atoms with Crippen molar-refractivity contribution in [3.63, 3.8) is 0 Å². The van der Waals surface area contributed by atoms with Gasteiger partial charge in [-0.2, -0.15) is 0 Å². The molecule has 0 spiro atoms. The van der Waals surface area contributed by atoms with Crippen molar-refractivity contribution in [3.05, 3.63) is 101 Å². The molecule has 0 fully saturated rings. The number of hydrogen-bond acceptors (Lipinski definition) is 3. The zero-order chi connectivity index (χ0) is 19.8. The molecule has 0 aliphatic carbocycles. The van der Waals surface area contributed by atoms with Crippen LogP contribution in [0.2, 0.25) is 5.02 Å². The summed E-state index contributed by atoms with van der Waals surface area (Å²) < 4.78 is 1.27. The summed E-state index contributed by atoms with van der Waals surface area (Å²) in [5.74, 6) is 8.00. The van der Waals surface area contributed by atoms with E-state index in [2.05, 4.69) is 36.8 Å². The molecule has 0 amide bonds. The minimum absolute atomic E-state index is 0. The number of nitrogens with two attached hydrogens (primary N) is 2. The van der Waals surface area contributed by atoms with Crippen LogP contribution in [0.4, 0.5) is 0 Å². The van der Waals surface area contributed by atoms with Gasteiger partial charge in [0.25, 0.3) is 5.24 Å². The van der Waals surface area contributed by atoms with Gasteiger partial charge < -0.3 is 5.48 Å². The molecule has 0 saturated carbocycles. The van der Waals surface area contributed by atoms with Gasteiger partial charge in [0.05, 0.1) is 0 Å². The average molecular weight is 417 g/mol. The molecule has 140 valence electrons. The SMILES string of the molecule is Cc1ccccc1.NN.O.O=C(Cl)c1ccccc1.[Na][c]1ccccc1Cl. The zero-order valence-electron chi connectivity index (χ0n) is 15.4. The summed E-state index contributed by atoms with van der Waals surface area (Å²) >= 11 is 12.0. The molecule has 27 heavy (non-hydrogen) atoms. The summed E-state index contributed by atoms with van der Waals surface area (Å²) in [7, 11) is 0. The maximum atomic E-state index is 10.4. The van der Waals surface area contributed by atoms with Gasteiger partial charge in [0.1, 0.15) is 0 Å². The molecule has 7 heteroatoms. The number of carbonyl (C=O) groups excluding carboxylic acids is 1. The molecular formula is C20H23Cl2N2NaO2. The molecule has 0 saturated heterocycles. The van der Waals surface area contributed by atoms with E-state index >= 15 is 0 Å². The summed E-state index contributed by atoms with van der Waals surface area (Å²) in [6.07, 6.45) is 0. The van der Waals surface area contributed by atoms with Crippen LogP contribution in [0.3, 0.4) is 0 Å². The molecule has 0 unspecified atom stereocenters. The van der Waals surface area contributed by atoms with Gasteiger partial charge in [0.15, 0.2) is 0 Å². The van der Waals surface area contributed by atoms with E-state index in [0.29, 0.717) is 5.56 Å². The summed E-state index contributed by atoms with van der Waals surface area (Å²) in [5.41, 5.74) is 1.86. The van der Waals surface area contributed by atoms with Gasteiger partial charge in [0, 0.05) is 5.56 Å². The molecule has 4 nitrogen and oxygen atoms in total. The fourth-order valence-electron chi connectivity index (χ4n) is 1.65. The summed E-state index contributed by atoms with van der Waals surface area (Å²) in [4.78, 5) is 10.4. The minimum atomic E-state index is -0.407. The Labute approximate surface area is 188 Å². The molecule has 0 aliphatic rings. The van der Waals surface area contributed by atoms with Gasteiger partial charge in [-0.25, -0.2) is 0 Å². The molecule has 0 aromatic heterocycles. The number of benzene rings is 3. The molecule has 3 aromatic carbocycles. The Bertz CT molecular complexity index is 724. The van der Waals surface area contributed by atoms with E-state index in [4.69, 9.17) is 23.2 Å². The van der Waals surface area contributed by atoms with Crippen LogP contribution in [-0.4, -0.2) is 38.6 Å². The predicted octanol–water partition coefficient (Wildman–Crippen LogP) is 3.19. The molecule has 0 heterocycles. The van der Waals surface area contributed by atoms with E-state index in [1.165, 1.54) is 8.38 Å². The molecule has 3 rings (SSSR count). The Balaban J connectivity index is 0. The van der Waals surface area contributed by atoms with Crippen molar-refractivity contribution < 1.29 is 10.3 Å². The van der Waals surface area contributed by atoms with Crippen molar-refractivity contribution in [2.45, 2.75) is 6.92 Å². The first-order valence-corrected chi connectivity index (χ1v) is 9.57. The van der Waals surface area contributed by atoms with Gasteiger partial charge in [-0.05, 0) is 18.5 Å². The zero-order valence-corrected chi connectivity index (χ0v) is 18.9. The van der Waals surface area contributed by atoms with Crippen molar-refractivity contribution in [2.24, 2.45) is 11.7 Å². The summed E-state index contributed by atoms with van der Waals surface area (Å²) in [6.45, 7) is 2.08. The number of aryl methyl sites for hydroxylation is 1. The van der Waals surface area contributed by atoms with E-state index in [1.54, 1.807) is 24.3 Å². The second-order valence-electron chi connectivity index (χ2n) is 5.04. The van der Waals surface area contributed by atoms with Crippen molar-refractivity contribution in [1.82, 2.24) is 0 Å².